The van der Waals surface area contributed by atoms with Gasteiger partial charge in [0.15, 0.2) is 0 Å². The molecule has 0 spiro atoms. The number of nitrogens with zero attached hydrogens (tertiary/aromatic N) is 1. The lowest BCUT2D eigenvalue weighted by Crippen LogP contribution is -2.38. The Morgan fingerprint density at radius 2 is 2.00 bits per heavy atom. The molecule has 0 saturated heterocycles. The van der Waals surface area contributed by atoms with Crippen LogP contribution in [0, 0.1) is 5.41 Å². The van der Waals surface area contributed by atoms with Crippen LogP contribution in [0.3, 0.4) is 0 Å². The summed E-state index contributed by atoms with van der Waals surface area (Å²) in [6.07, 6.45) is 6.92. The molecule has 19 heavy (non-hydrogen) atoms. The molecule has 3 rings (SSSR count). The van der Waals surface area contributed by atoms with E-state index < -0.39 is 0 Å². The molecule has 1 aromatic heterocycles. The first kappa shape index (κ1) is 12.6. The molecule has 1 aliphatic carbocycles. The van der Waals surface area contributed by atoms with Gasteiger partial charge in [0, 0.05) is 11.6 Å². The second-order valence-electron chi connectivity index (χ2n) is 5.88. The summed E-state index contributed by atoms with van der Waals surface area (Å²) in [5, 5.41) is 1.21. The van der Waals surface area contributed by atoms with Gasteiger partial charge in [-0.2, -0.15) is 0 Å². The van der Waals surface area contributed by atoms with Crippen LogP contribution in [0.4, 0.5) is 0 Å². The molecule has 2 aromatic rings. The number of aromatic nitrogens is 1. The van der Waals surface area contributed by atoms with Crippen molar-refractivity contribution in [1.82, 2.24) is 10.4 Å². The zero-order valence-corrected chi connectivity index (χ0v) is 11.4. The number of hydrogen-bond acceptors (Lipinski definition) is 3. The first-order valence-electron chi connectivity index (χ1n) is 7.04. The Bertz CT molecular complexity index is 568. The van der Waals surface area contributed by atoms with E-state index in [1.807, 2.05) is 12.3 Å². The van der Waals surface area contributed by atoms with Crippen LogP contribution in [0.25, 0.3) is 10.9 Å². The number of nitrogens with one attached hydrogen (secondary N) is 1. The van der Waals surface area contributed by atoms with Crippen molar-refractivity contribution in [3.05, 3.63) is 42.1 Å². The van der Waals surface area contributed by atoms with Gasteiger partial charge in [-0.25, -0.2) is 0 Å². The van der Waals surface area contributed by atoms with Crippen molar-refractivity contribution in [1.29, 1.82) is 0 Å². The summed E-state index contributed by atoms with van der Waals surface area (Å²) >= 11 is 0. The van der Waals surface area contributed by atoms with Crippen LogP contribution >= 0.6 is 0 Å². The molecule has 1 aliphatic rings. The maximum Gasteiger partial charge on any atom is 0.0705 e. The fraction of sp³-hybridized carbons (Fsp3) is 0.438. The minimum atomic E-state index is 0.197. The van der Waals surface area contributed by atoms with Crippen molar-refractivity contribution >= 4 is 10.9 Å². The number of fused-ring (bicyclic) bond motifs is 1. The van der Waals surface area contributed by atoms with Gasteiger partial charge >= 0.3 is 0 Å². The van der Waals surface area contributed by atoms with Crippen LogP contribution in [-0.2, 0) is 0 Å². The molecular formula is C16H21N3. The van der Waals surface area contributed by atoms with Gasteiger partial charge in [0.05, 0.1) is 11.6 Å². The van der Waals surface area contributed by atoms with Crippen molar-refractivity contribution in [2.75, 3.05) is 0 Å². The minimum Gasteiger partial charge on any atom is -0.271 e. The predicted octanol–water partition coefficient (Wildman–Crippen LogP) is 3.32. The zero-order chi connectivity index (χ0) is 13.3. The van der Waals surface area contributed by atoms with E-state index in [0.29, 0.717) is 0 Å². The van der Waals surface area contributed by atoms with Crippen LogP contribution in [-0.4, -0.2) is 4.98 Å². The van der Waals surface area contributed by atoms with Gasteiger partial charge in [-0.3, -0.25) is 16.3 Å². The lowest BCUT2D eigenvalue weighted by molar-refractivity contribution is 0.226. The average Bonchev–Trinajstić information content (AvgIpc) is 2.87. The summed E-state index contributed by atoms with van der Waals surface area (Å²) in [5.41, 5.74) is 5.63. The Morgan fingerprint density at radius 3 is 2.74 bits per heavy atom. The van der Waals surface area contributed by atoms with E-state index in [-0.39, 0.29) is 11.5 Å². The fourth-order valence-electron chi connectivity index (χ4n) is 3.52. The van der Waals surface area contributed by atoms with Gasteiger partial charge in [0.25, 0.3) is 0 Å². The zero-order valence-electron chi connectivity index (χ0n) is 11.4. The number of hydrogen-bond donors (Lipinski definition) is 2. The number of benzene rings is 1. The van der Waals surface area contributed by atoms with E-state index in [1.54, 1.807) is 0 Å². The van der Waals surface area contributed by atoms with E-state index in [9.17, 15) is 0 Å². The van der Waals surface area contributed by atoms with Crippen LogP contribution < -0.4 is 11.3 Å². The van der Waals surface area contributed by atoms with Crippen LogP contribution in [0.2, 0.25) is 0 Å². The van der Waals surface area contributed by atoms with Crippen LogP contribution in [0.5, 0.6) is 0 Å². The molecule has 0 amide bonds. The molecule has 3 heteroatoms. The van der Waals surface area contributed by atoms with Crippen molar-refractivity contribution in [2.45, 2.75) is 38.6 Å². The Labute approximate surface area is 114 Å². The highest BCUT2D eigenvalue weighted by molar-refractivity contribution is 5.82. The molecule has 1 atom stereocenters. The summed E-state index contributed by atoms with van der Waals surface area (Å²) in [4.78, 5) is 4.44. The molecule has 1 heterocycles. The van der Waals surface area contributed by atoms with Crippen LogP contribution in [0.15, 0.2) is 36.5 Å². The lowest BCUT2D eigenvalue weighted by Gasteiger charge is -2.34. The number of rotatable bonds is 3. The number of nitrogens with two attached hydrogens (primary N) is 1. The SMILES string of the molecule is CC1(C(NN)c2cccc3ncccc23)CCCC1. The molecule has 1 fully saturated rings. The van der Waals surface area contributed by atoms with Crippen molar-refractivity contribution in [3.63, 3.8) is 0 Å². The van der Waals surface area contributed by atoms with Crippen molar-refractivity contribution in [3.8, 4) is 0 Å². The molecule has 0 radical (unpaired) electrons. The predicted molar refractivity (Wildman–Crippen MR) is 78.4 cm³/mol. The molecule has 1 unspecified atom stereocenters. The van der Waals surface area contributed by atoms with Gasteiger partial charge in [-0.15, -0.1) is 0 Å². The highest BCUT2D eigenvalue weighted by Crippen LogP contribution is 2.47. The standard InChI is InChI=1S/C16H21N3/c1-16(9-2-3-10-16)15(19-17)13-6-4-8-14-12(13)7-5-11-18-14/h4-8,11,15,19H,2-3,9-10,17H2,1H3. The van der Waals surface area contributed by atoms with E-state index in [4.69, 9.17) is 5.84 Å². The lowest BCUT2D eigenvalue weighted by atomic mass is 9.76. The third-order valence-electron chi connectivity index (χ3n) is 4.60. The number of pyridine rings is 1. The van der Waals surface area contributed by atoms with Crippen molar-refractivity contribution in [2.24, 2.45) is 11.3 Å². The van der Waals surface area contributed by atoms with Gasteiger partial charge in [-0.1, -0.05) is 38.0 Å². The average molecular weight is 255 g/mol. The molecule has 3 nitrogen and oxygen atoms in total. The maximum absolute atomic E-state index is 5.89. The van der Waals surface area contributed by atoms with Gasteiger partial charge in [-0.05, 0) is 36.0 Å². The van der Waals surface area contributed by atoms with Gasteiger partial charge < -0.3 is 0 Å². The Morgan fingerprint density at radius 1 is 1.21 bits per heavy atom. The smallest absolute Gasteiger partial charge is 0.0705 e. The molecule has 0 bridgehead atoms. The highest BCUT2D eigenvalue weighted by Gasteiger charge is 2.37. The third-order valence-corrected chi connectivity index (χ3v) is 4.60. The van der Waals surface area contributed by atoms with Gasteiger partial charge in [0.2, 0.25) is 0 Å². The maximum atomic E-state index is 5.89. The Kier molecular flexibility index (Phi) is 3.25. The van der Waals surface area contributed by atoms with E-state index in [0.717, 1.165) is 5.52 Å². The molecular weight excluding hydrogens is 234 g/mol. The van der Waals surface area contributed by atoms with E-state index >= 15 is 0 Å². The van der Waals surface area contributed by atoms with E-state index in [1.165, 1.54) is 36.6 Å². The Balaban J connectivity index is 2.11. The Hall–Kier alpha value is -1.45. The highest BCUT2D eigenvalue weighted by atomic mass is 15.2. The molecule has 0 aliphatic heterocycles. The fourth-order valence-corrected chi connectivity index (χ4v) is 3.52. The summed E-state index contributed by atoms with van der Waals surface area (Å²) in [6.45, 7) is 2.35. The topological polar surface area (TPSA) is 50.9 Å². The third kappa shape index (κ3) is 2.13. The second-order valence-corrected chi connectivity index (χ2v) is 5.88. The minimum absolute atomic E-state index is 0.197. The largest absolute Gasteiger partial charge is 0.271 e. The van der Waals surface area contributed by atoms with E-state index in [2.05, 4.69) is 41.6 Å². The van der Waals surface area contributed by atoms with Crippen molar-refractivity contribution < 1.29 is 0 Å². The van der Waals surface area contributed by atoms with Crippen LogP contribution in [0.1, 0.15) is 44.2 Å². The first-order chi connectivity index (χ1) is 9.24. The quantitative estimate of drug-likeness (QED) is 0.653. The van der Waals surface area contributed by atoms with Gasteiger partial charge in [0.1, 0.15) is 0 Å². The second kappa shape index (κ2) is 4.91. The summed E-state index contributed by atoms with van der Waals surface area (Å²) in [5.74, 6) is 5.89. The monoisotopic (exact) mass is 255 g/mol. The number of hydrazine groups is 1. The molecule has 100 valence electrons. The summed E-state index contributed by atoms with van der Waals surface area (Å²) in [7, 11) is 0. The first-order valence-corrected chi connectivity index (χ1v) is 7.04. The molecule has 1 aromatic carbocycles. The normalized spacial score (nSPS) is 19.7. The summed E-state index contributed by atoms with van der Waals surface area (Å²) < 4.78 is 0. The molecule has 1 saturated carbocycles. The summed E-state index contributed by atoms with van der Waals surface area (Å²) in [6, 6.07) is 10.6. The molecule has 3 N–H and O–H groups in total.